The molecule has 21 heteroatoms. The van der Waals surface area contributed by atoms with E-state index in [-0.39, 0.29) is 62.5 Å². The molecule has 9 atom stereocenters. The van der Waals surface area contributed by atoms with Gasteiger partial charge >= 0.3 is 48.4 Å². The van der Waals surface area contributed by atoms with Crippen molar-refractivity contribution in [3.8, 4) is 0 Å². The highest BCUT2D eigenvalue weighted by Gasteiger charge is 2.52. The fourth-order valence-electron chi connectivity index (χ4n) is 11.0. The molecule has 3 saturated heterocycles. The summed E-state index contributed by atoms with van der Waals surface area (Å²) in [6.45, 7) is 25.2. The molecule has 0 radical (unpaired) electrons. The summed E-state index contributed by atoms with van der Waals surface area (Å²) >= 11 is 0. The minimum absolute atomic E-state index is 0. The van der Waals surface area contributed by atoms with Gasteiger partial charge in [0.25, 0.3) is 0 Å². The molecule has 2 amide bonds. The number of hydrogen-bond acceptors (Lipinski definition) is 17. The molecular weight excluding hydrogens is 1110 g/mol. The number of ether oxygens (including phenoxy) is 8. The van der Waals surface area contributed by atoms with Crippen LogP contribution < -0.4 is 5.32 Å². The number of nitrogens with one attached hydrogen (secondary N) is 1. The highest BCUT2D eigenvalue weighted by atomic mass is 35.5. The molecule has 3 aliphatic heterocycles. The van der Waals surface area contributed by atoms with E-state index in [9.17, 15) is 43.5 Å². The van der Waals surface area contributed by atoms with Gasteiger partial charge in [-0.2, -0.15) is 0 Å². The zero-order valence-electron chi connectivity index (χ0n) is 51.4. The maximum Gasteiger partial charge on any atom is 0.519 e. The van der Waals surface area contributed by atoms with Gasteiger partial charge in [-0.25, -0.2) is 28.8 Å². The van der Waals surface area contributed by atoms with Crippen molar-refractivity contribution in [1.82, 2.24) is 15.1 Å². The lowest BCUT2D eigenvalue weighted by molar-refractivity contribution is -0.150. The van der Waals surface area contributed by atoms with Gasteiger partial charge in [-0.3, -0.25) is 19.4 Å². The van der Waals surface area contributed by atoms with Crippen LogP contribution in [0.1, 0.15) is 193 Å². The molecule has 20 nitrogen and oxygen atoms in total. The summed E-state index contributed by atoms with van der Waals surface area (Å²) in [5, 5.41) is 12.7. The Balaban J connectivity index is 0.000000373. The quantitative estimate of drug-likeness (QED) is 0.142. The predicted molar refractivity (Wildman–Crippen MR) is 318 cm³/mol. The normalized spacial score (nSPS) is 23.4. The summed E-state index contributed by atoms with van der Waals surface area (Å²) in [4.78, 5) is 95.7. The third-order valence-electron chi connectivity index (χ3n) is 14.1. The van der Waals surface area contributed by atoms with E-state index >= 15 is 0 Å². The summed E-state index contributed by atoms with van der Waals surface area (Å²) < 4.78 is 40.0. The molecule has 6 aliphatic rings. The molecule has 0 spiro atoms. The van der Waals surface area contributed by atoms with Crippen molar-refractivity contribution in [3.63, 3.8) is 0 Å². The van der Waals surface area contributed by atoms with Crippen LogP contribution in [0.5, 0.6) is 0 Å². The maximum absolute atomic E-state index is 12.7. The summed E-state index contributed by atoms with van der Waals surface area (Å²) in [7, 11) is 0. The van der Waals surface area contributed by atoms with Gasteiger partial charge in [0.15, 0.2) is 0 Å². The number of carboxylic acids is 1. The molecule has 0 unspecified atom stereocenters. The van der Waals surface area contributed by atoms with Crippen LogP contribution in [0.25, 0.3) is 0 Å². The molecule has 2 aromatic rings. The fraction of sp³-hybridized carbons (Fsp3) is 0.683. The summed E-state index contributed by atoms with van der Waals surface area (Å²) in [6, 6.07) is 18.8. The zero-order chi connectivity index (χ0) is 61.2. The van der Waals surface area contributed by atoms with Crippen LogP contribution in [0, 0.1) is 17.8 Å². The summed E-state index contributed by atoms with van der Waals surface area (Å²) in [6.07, 6.45) is 9.07. The largest absolute Gasteiger partial charge is 0.519 e. The number of fused-ring (bicyclic) bond motifs is 3. The minimum atomic E-state index is -1.06. The second-order valence-corrected chi connectivity index (χ2v) is 25.5. The first kappa shape index (κ1) is 74.0. The molecule has 474 valence electrons. The zero-order valence-corrected chi connectivity index (χ0v) is 52.2. The third-order valence-corrected chi connectivity index (χ3v) is 14.1. The van der Waals surface area contributed by atoms with Crippen LogP contribution in [0.4, 0.5) is 19.2 Å². The molecule has 3 saturated carbocycles. The van der Waals surface area contributed by atoms with Gasteiger partial charge in [0.05, 0.1) is 6.61 Å². The molecule has 0 aromatic heterocycles. The molecule has 0 bridgehead atoms. The Hall–Kier alpha value is -6.15. The van der Waals surface area contributed by atoms with Gasteiger partial charge in [-0.15, -0.1) is 12.4 Å². The van der Waals surface area contributed by atoms with E-state index < -0.39 is 65.0 Å². The Kier molecular flexibility index (Phi) is 29.5. The topological polar surface area (TPSA) is 249 Å². The van der Waals surface area contributed by atoms with E-state index in [1.807, 2.05) is 81.4 Å². The van der Waals surface area contributed by atoms with Gasteiger partial charge < -0.3 is 48.3 Å². The number of halogens is 1. The first-order valence-corrected chi connectivity index (χ1v) is 28.9. The average Bonchev–Trinajstić information content (AvgIpc) is 2.50. The smallest absolute Gasteiger partial charge is 0.480 e. The second-order valence-electron chi connectivity index (χ2n) is 25.5. The van der Waals surface area contributed by atoms with E-state index in [1.54, 1.807) is 74.1 Å². The summed E-state index contributed by atoms with van der Waals surface area (Å²) in [5.74, 6) is -0.148. The van der Waals surface area contributed by atoms with Crippen molar-refractivity contribution in [2.75, 3.05) is 6.61 Å². The lowest BCUT2D eigenvalue weighted by Crippen LogP contribution is -2.47. The lowest BCUT2D eigenvalue weighted by Gasteiger charge is -2.31. The fourth-order valence-corrected chi connectivity index (χ4v) is 11.0. The number of rotatable bonds is 8. The average molecular weight is 1200 g/mol. The Bertz CT molecular complexity index is 2380. The van der Waals surface area contributed by atoms with Crippen molar-refractivity contribution >= 4 is 60.8 Å². The van der Waals surface area contributed by atoms with Gasteiger partial charge in [0.2, 0.25) is 0 Å². The van der Waals surface area contributed by atoms with E-state index in [0.717, 1.165) is 56.1 Å². The van der Waals surface area contributed by atoms with Crippen molar-refractivity contribution < 1.29 is 81.4 Å². The molecule has 3 heterocycles. The number of carbonyl (C=O) groups is 8. The lowest BCUT2D eigenvalue weighted by atomic mass is 10.0. The third kappa shape index (κ3) is 25.6. The molecule has 6 fully saturated rings. The number of aliphatic carboxylic acids is 1. The Morgan fingerprint density at radius 3 is 1.30 bits per heavy atom. The van der Waals surface area contributed by atoms with Crippen LogP contribution in [0.2, 0.25) is 0 Å². The van der Waals surface area contributed by atoms with Crippen LogP contribution in [0.3, 0.4) is 0 Å². The number of carboxylic acid groups (broad SMARTS) is 1. The van der Waals surface area contributed by atoms with Crippen LogP contribution in [-0.2, 0) is 70.3 Å². The summed E-state index contributed by atoms with van der Waals surface area (Å²) in [5.41, 5.74) is -0.566. The van der Waals surface area contributed by atoms with Gasteiger partial charge in [0.1, 0.15) is 53.7 Å². The van der Waals surface area contributed by atoms with Gasteiger partial charge in [-0.1, -0.05) is 87.4 Å². The molecule has 8 rings (SSSR count). The number of esters is 3. The van der Waals surface area contributed by atoms with Crippen molar-refractivity contribution in [2.24, 2.45) is 17.8 Å². The molecule has 84 heavy (non-hydrogen) atoms. The van der Waals surface area contributed by atoms with Crippen LogP contribution >= 0.6 is 12.4 Å². The van der Waals surface area contributed by atoms with E-state index in [0.29, 0.717) is 49.9 Å². The predicted octanol–water partition coefficient (Wildman–Crippen LogP) is 12.9. The maximum atomic E-state index is 12.7. The second kappa shape index (κ2) is 33.5. The van der Waals surface area contributed by atoms with Crippen LogP contribution in [-0.4, -0.2) is 129 Å². The van der Waals surface area contributed by atoms with E-state index in [2.05, 4.69) is 14.8 Å². The van der Waals surface area contributed by atoms with Crippen molar-refractivity contribution in [1.29, 1.82) is 0 Å². The van der Waals surface area contributed by atoms with Crippen LogP contribution in [0.15, 0.2) is 60.7 Å². The monoisotopic (exact) mass is 1200 g/mol. The highest BCUT2D eigenvalue weighted by Crippen LogP contribution is 2.43. The Morgan fingerprint density at radius 1 is 0.524 bits per heavy atom. The first-order valence-electron chi connectivity index (χ1n) is 28.9. The molecular formula is C63H98ClN3O17. The number of carbonyl (C=O) groups excluding carboxylic acids is 7. The number of amides is 2. The van der Waals surface area contributed by atoms with Crippen molar-refractivity contribution in [3.05, 3.63) is 71.8 Å². The minimum Gasteiger partial charge on any atom is -0.480 e. The number of hydrogen-bond donors (Lipinski definition) is 2. The molecule has 2 N–H and O–H groups in total. The Labute approximate surface area is 504 Å². The standard InChI is InChI=1S/C20H27NO4.C15H19NO2.C13H21NO4.C10H18O5.C4H8O2.CH4.ClH/c1-20(2,3)25-19(23)21-16-11-7-10-15(16)12-17(21)18(22)24-13-14-8-5-4-6-9-14;17-15(18-10-11-5-2-1-3-6-11)14-9-12-7-4-8-13(12)16-14;1-13(2,3)18-12(17)14-9-6-4-5-8(9)7-10(14)11(15)16;1-9(2,3)14-7(11)13-8(12)15-10(4,5)6;1-3-6-4(2)5;;/h4-6,8-9,15-17H,7,10-13H2,1-3H3;1-3,5-6,12-14,16H,4,7-10H2;8-10H,4-7H2,1-3H3,(H,15,16);1-6H3;3H2,1-2H3;1H4;1H/t15-,16-,17-;12-,13-,14-;8-,9-,10-;;;;/m000..../s1. The first-order chi connectivity index (χ1) is 38.2. The van der Waals surface area contributed by atoms with E-state index in [4.69, 9.17) is 28.4 Å². The molecule has 2 aromatic carbocycles. The molecule has 3 aliphatic carbocycles. The number of benzene rings is 2. The highest BCUT2D eigenvalue weighted by molar-refractivity contribution is 5.85. The van der Waals surface area contributed by atoms with Crippen molar-refractivity contribution in [2.45, 2.75) is 253 Å². The Morgan fingerprint density at radius 2 is 0.917 bits per heavy atom. The van der Waals surface area contributed by atoms with E-state index in [1.165, 1.54) is 31.1 Å². The SMILES string of the molecule is C.CC(C)(C)OC(=O)N1[C@H](C(=O)O)C[C@@H]2CCC[C@@H]21.CC(C)(C)OC(=O)N1[C@H](C(=O)OCc2ccccc2)C[C@@H]2CCC[C@@H]21.CC(C)(C)OC(=O)OC(=O)OC(C)(C)C.CCOC(C)=O.Cl.O=C(OCc1ccccc1)[C@@H]1C[C@@H]2CCC[C@@H]2N1. The number of likely N-dealkylation sites (tertiary alicyclic amines) is 2. The van der Waals surface area contributed by atoms with Gasteiger partial charge in [0, 0.05) is 25.0 Å². The van der Waals surface area contributed by atoms with Gasteiger partial charge in [-0.05, 0) is 177 Å². The number of nitrogens with zero attached hydrogens (tertiary/aromatic N) is 2.